The summed E-state index contributed by atoms with van der Waals surface area (Å²) in [6.07, 6.45) is 0. The lowest BCUT2D eigenvalue weighted by Crippen LogP contribution is -2.38. The molecule has 0 atom stereocenters. The Balaban J connectivity index is 3.20. The second-order valence-electron chi connectivity index (χ2n) is 2.77. The zero-order chi connectivity index (χ0) is 8.43. The molecule has 0 aromatic heterocycles. The minimum absolute atomic E-state index is 0.755. The van der Waals surface area contributed by atoms with Gasteiger partial charge in [-0.15, -0.1) is 0 Å². The van der Waals surface area contributed by atoms with Crippen molar-refractivity contribution in [2.45, 2.75) is 13.8 Å². The summed E-state index contributed by atoms with van der Waals surface area (Å²) < 4.78 is 0. The molecule has 0 aliphatic heterocycles. The van der Waals surface area contributed by atoms with Crippen LogP contribution in [-0.4, -0.2) is 5.71 Å². The maximum Gasteiger partial charge on any atom is 0.179 e. The first-order chi connectivity index (χ1) is 5.11. The number of nitrogen functional groups attached to an aromatic ring is 1. The van der Waals surface area contributed by atoms with E-state index in [9.17, 15) is 0 Å². The summed E-state index contributed by atoms with van der Waals surface area (Å²) in [5.41, 5.74) is 9.34. The molecule has 0 saturated heterocycles. The van der Waals surface area contributed by atoms with E-state index in [1.54, 1.807) is 0 Å². The van der Waals surface area contributed by atoms with Gasteiger partial charge in [0.15, 0.2) is 5.71 Å². The van der Waals surface area contributed by atoms with Crippen LogP contribution in [-0.2, 0) is 0 Å². The van der Waals surface area contributed by atoms with Gasteiger partial charge in [-0.05, 0) is 24.6 Å². The van der Waals surface area contributed by atoms with Gasteiger partial charge >= 0.3 is 0 Å². The number of rotatable bonds is 1. The number of aryl methyl sites for hydroxylation is 1. The van der Waals surface area contributed by atoms with E-state index in [4.69, 9.17) is 11.1 Å². The molecule has 0 aliphatic carbocycles. The molecule has 4 N–H and O–H groups in total. The molecule has 2 nitrogen and oxygen atoms in total. The van der Waals surface area contributed by atoms with Crippen molar-refractivity contribution in [3.05, 3.63) is 29.3 Å². The fourth-order valence-corrected chi connectivity index (χ4v) is 1.04. The third-order valence-electron chi connectivity index (χ3n) is 1.63. The van der Waals surface area contributed by atoms with Crippen LogP contribution in [0.2, 0.25) is 0 Å². The van der Waals surface area contributed by atoms with Crippen molar-refractivity contribution in [1.29, 1.82) is 0 Å². The molecule has 0 spiro atoms. The number of anilines is 1. The van der Waals surface area contributed by atoms with Gasteiger partial charge in [0.1, 0.15) is 0 Å². The van der Waals surface area contributed by atoms with E-state index in [2.05, 4.69) is 0 Å². The van der Waals surface area contributed by atoms with Crippen molar-refractivity contribution < 1.29 is 5.41 Å². The van der Waals surface area contributed by atoms with Crippen molar-refractivity contribution in [1.82, 2.24) is 0 Å². The Bertz CT molecular complexity index is 290. The highest BCUT2D eigenvalue weighted by atomic mass is 14.6. The van der Waals surface area contributed by atoms with Crippen LogP contribution in [0, 0.1) is 6.92 Å². The van der Waals surface area contributed by atoms with Crippen molar-refractivity contribution in [2.24, 2.45) is 0 Å². The van der Waals surface area contributed by atoms with E-state index in [0.717, 1.165) is 22.5 Å². The predicted octanol–water partition coefficient (Wildman–Crippen LogP) is 0.145. The first-order valence-corrected chi connectivity index (χ1v) is 3.57. The van der Waals surface area contributed by atoms with Gasteiger partial charge in [-0.3, -0.25) is 5.41 Å². The number of nitrogens with two attached hydrogens (primary N) is 2. The third kappa shape index (κ3) is 1.58. The molecular formula is C9H13N2+. The largest absolute Gasteiger partial charge is 0.398 e. The second-order valence-corrected chi connectivity index (χ2v) is 2.77. The standard InChI is InChI=1S/C9H12N2/c1-6-3-4-8(7(2)10)9(11)5-6/h3-5,10H,11H2,1-2H3/p+1. The fourth-order valence-electron chi connectivity index (χ4n) is 1.04. The lowest BCUT2D eigenvalue weighted by atomic mass is 10.1. The SMILES string of the molecule is CC(=[NH2+])c1ccc(C)cc1N. The van der Waals surface area contributed by atoms with Crippen LogP contribution in [0.3, 0.4) is 0 Å². The molecule has 1 aromatic carbocycles. The van der Waals surface area contributed by atoms with Crippen LogP contribution in [0.15, 0.2) is 18.2 Å². The molecular weight excluding hydrogens is 136 g/mol. The Morgan fingerprint density at radius 3 is 2.55 bits per heavy atom. The van der Waals surface area contributed by atoms with Crippen molar-refractivity contribution in [2.75, 3.05) is 5.73 Å². The number of hydrogen-bond acceptors (Lipinski definition) is 1. The molecule has 0 saturated carbocycles. The Morgan fingerprint density at radius 2 is 2.09 bits per heavy atom. The van der Waals surface area contributed by atoms with Gasteiger partial charge in [0, 0.05) is 12.6 Å². The lowest BCUT2D eigenvalue weighted by Gasteiger charge is -2.00. The Labute approximate surface area is 66.6 Å². The zero-order valence-electron chi connectivity index (χ0n) is 6.89. The maximum absolute atomic E-state index is 5.72. The quantitative estimate of drug-likeness (QED) is 0.433. The molecule has 0 bridgehead atoms. The fraction of sp³-hybridized carbons (Fsp3) is 0.222. The Kier molecular flexibility index (Phi) is 1.94. The molecule has 0 amide bonds. The lowest BCUT2D eigenvalue weighted by molar-refractivity contribution is -0.113. The van der Waals surface area contributed by atoms with Crippen LogP contribution >= 0.6 is 0 Å². The van der Waals surface area contributed by atoms with Gasteiger partial charge in [-0.25, -0.2) is 0 Å². The van der Waals surface area contributed by atoms with Gasteiger partial charge in [0.05, 0.1) is 5.56 Å². The van der Waals surface area contributed by atoms with E-state index in [1.807, 2.05) is 32.0 Å². The third-order valence-corrected chi connectivity index (χ3v) is 1.63. The van der Waals surface area contributed by atoms with Crippen LogP contribution in [0.4, 0.5) is 5.69 Å². The van der Waals surface area contributed by atoms with Gasteiger partial charge in [0.25, 0.3) is 0 Å². The number of hydrogen-bond donors (Lipinski definition) is 2. The molecule has 1 aromatic rings. The molecule has 58 valence electrons. The van der Waals surface area contributed by atoms with Crippen LogP contribution in [0.1, 0.15) is 18.1 Å². The molecule has 1 rings (SSSR count). The second kappa shape index (κ2) is 2.74. The Morgan fingerprint density at radius 1 is 1.45 bits per heavy atom. The smallest absolute Gasteiger partial charge is 0.179 e. The van der Waals surface area contributed by atoms with E-state index in [1.165, 1.54) is 0 Å². The van der Waals surface area contributed by atoms with Gasteiger partial charge in [-0.2, -0.15) is 0 Å². The van der Waals surface area contributed by atoms with Crippen LogP contribution < -0.4 is 11.1 Å². The van der Waals surface area contributed by atoms with Gasteiger partial charge in [0.2, 0.25) is 0 Å². The summed E-state index contributed by atoms with van der Waals surface area (Å²) in [4.78, 5) is 0. The van der Waals surface area contributed by atoms with Crippen LogP contribution in [0.5, 0.6) is 0 Å². The molecule has 2 heteroatoms. The normalized spacial score (nSPS) is 9.64. The van der Waals surface area contributed by atoms with E-state index in [0.29, 0.717) is 0 Å². The molecule has 0 radical (unpaired) electrons. The minimum atomic E-state index is 0.755. The zero-order valence-corrected chi connectivity index (χ0v) is 6.89. The van der Waals surface area contributed by atoms with E-state index < -0.39 is 0 Å². The minimum Gasteiger partial charge on any atom is -0.398 e. The Hall–Kier alpha value is -1.31. The summed E-state index contributed by atoms with van der Waals surface area (Å²) in [6, 6.07) is 5.87. The van der Waals surface area contributed by atoms with Crippen molar-refractivity contribution >= 4 is 11.4 Å². The highest BCUT2D eigenvalue weighted by molar-refractivity contribution is 5.98. The molecule has 0 heterocycles. The maximum atomic E-state index is 5.72. The molecule has 0 fully saturated rings. The highest BCUT2D eigenvalue weighted by Crippen LogP contribution is 2.12. The first kappa shape index (κ1) is 7.79. The van der Waals surface area contributed by atoms with Crippen molar-refractivity contribution in [3.8, 4) is 0 Å². The van der Waals surface area contributed by atoms with Gasteiger partial charge < -0.3 is 5.73 Å². The summed E-state index contributed by atoms with van der Waals surface area (Å²) in [5.74, 6) is 0. The van der Waals surface area contributed by atoms with Crippen LogP contribution in [0.25, 0.3) is 0 Å². The van der Waals surface area contributed by atoms with Gasteiger partial charge in [-0.1, -0.05) is 6.07 Å². The summed E-state index contributed by atoms with van der Waals surface area (Å²) in [6.45, 7) is 3.85. The summed E-state index contributed by atoms with van der Waals surface area (Å²) >= 11 is 0. The molecule has 11 heavy (non-hydrogen) atoms. The van der Waals surface area contributed by atoms with E-state index >= 15 is 0 Å². The summed E-state index contributed by atoms with van der Waals surface area (Å²) in [5, 5.41) is 5.60. The molecule has 0 unspecified atom stereocenters. The molecule has 0 aliphatic rings. The topological polar surface area (TPSA) is 51.6 Å². The first-order valence-electron chi connectivity index (χ1n) is 3.57. The van der Waals surface area contributed by atoms with Crippen molar-refractivity contribution in [3.63, 3.8) is 0 Å². The highest BCUT2D eigenvalue weighted by Gasteiger charge is 2.03. The average molecular weight is 149 g/mol. The van der Waals surface area contributed by atoms with E-state index in [-0.39, 0.29) is 0 Å². The summed E-state index contributed by atoms with van der Waals surface area (Å²) in [7, 11) is 0. The average Bonchev–Trinajstić information content (AvgIpc) is 1.85. The predicted molar refractivity (Wildman–Crippen MR) is 47.3 cm³/mol. The monoisotopic (exact) mass is 149 g/mol. The number of benzene rings is 1.